The monoisotopic (exact) mass is 529 g/mol. The van der Waals surface area contributed by atoms with Gasteiger partial charge >= 0.3 is 0 Å². The molecule has 0 aromatic heterocycles. The van der Waals surface area contributed by atoms with Crippen molar-refractivity contribution >= 4 is 11.6 Å². The fraction of sp³-hybridized carbons (Fsp3) is 0.536. The Kier molecular flexibility index (Phi) is 7.74. The van der Waals surface area contributed by atoms with Crippen molar-refractivity contribution in [1.29, 1.82) is 0 Å². The van der Waals surface area contributed by atoms with E-state index in [0.717, 1.165) is 25.2 Å². The van der Waals surface area contributed by atoms with Crippen LogP contribution < -0.4 is 30.5 Å². The molecule has 206 valence electrons. The van der Waals surface area contributed by atoms with E-state index in [9.17, 15) is 4.79 Å². The smallest absolute Gasteiger partial charge is 0.252 e. The Morgan fingerprint density at radius 1 is 1.03 bits per heavy atom. The zero-order chi connectivity index (χ0) is 27.0. The summed E-state index contributed by atoms with van der Waals surface area (Å²) in [5.74, 6) is -1.82. The van der Waals surface area contributed by atoms with Crippen molar-refractivity contribution in [2.45, 2.75) is 49.9 Å². The summed E-state index contributed by atoms with van der Waals surface area (Å²) >= 11 is 0. The number of carbonyl (C=O) groups is 1. The van der Waals surface area contributed by atoms with Crippen LogP contribution in [0.15, 0.2) is 30.3 Å². The summed E-state index contributed by atoms with van der Waals surface area (Å²) in [7, 11) is 6.92. The van der Waals surface area contributed by atoms with Crippen LogP contribution in [0.5, 0.6) is 11.5 Å². The van der Waals surface area contributed by atoms with E-state index in [1.54, 1.807) is 0 Å². The van der Waals surface area contributed by atoms with Crippen molar-refractivity contribution in [2.75, 3.05) is 46.3 Å². The molecule has 2 aromatic rings. The highest BCUT2D eigenvalue weighted by Gasteiger charge is 2.43. The number of methoxy groups -OCH3 is 2. The highest BCUT2D eigenvalue weighted by Crippen LogP contribution is 2.44. The van der Waals surface area contributed by atoms with Gasteiger partial charge in [-0.1, -0.05) is 0 Å². The Morgan fingerprint density at radius 2 is 1.71 bits per heavy atom. The molecule has 3 fully saturated rings. The standard InChI is InChI=1S/C28H37F2N5O3/c1-34(2)19-11-12-35(15-19)18-8-5-16(6-9-18)28(36)31-27-20-10-7-17(13-21(20)32-33-27)24-25(29)22(37-3)14-23(38-4)26(24)30/h5-6,8-9,14,17,19-21,27,32-33H,7,10-13,15H2,1-4H3,(H,31,36). The molecule has 2 heterocycles. The maximum absolute atomic E-state index is 15.1. The molecule has 3 N–H and O–H groups in total. The number of hydrogen-bond donors (Lipinski definition) is 3. The van der Waals surface area contributed by atoms with Gasteiger partial charge < -0.3 is 24.6 Å². The molecule has 1 aliphatic carbocycles. The molecule has 1 saturated carbocycles. The first kappa shape index (κ1) is 26.6. The highest BCUT2D eigenvalue weighted by atomic mass is 19.1. The van der Waals surface area contributed by atoms with Crippen LogP contribution in [0.2, 0.25) is 0 Å². The summed E-state index contributed by atoms with van der Waals surface area (Å²) in [4.78, 5) is 17.6. The average Bonchev–Trinajstić information content (AvgIpc) is 3.57. The predicted octanol–water partition coefficient (Wildman–Crippen LogP) is 3.24. The molecular formula is C28H37F2N5O3. The number of hydrogen-bond acceptors (Lipinski definition) is 7. The summed E-state index contributed by atoms with van der Waals surface area (Å²) in [6, 6.07) is 9.48. The lowest BCUT2D eigenvalue weighted by molar-refractivity contribution is 0.0915. The van der Waals surface area contributed by atoms with E-state index in [4.69, 9.17) is 9.47 Å². The third-order valence-corrected chi connectivity index (χ3v) is 8.45. The zero-order valence-corrected chi connectivity index (χ0v) is 22.4. The number of hydrazine groups is 1. The van der Waals surface area contributed by atoms with Crippen molar-refractivity contribution in [1.82, 2.24) is 21.1 Å². The van der Waals surface area contributed by atoms with Crippen LogP contribution in [0.4, 0.5) is 14.5 Å². The summed E-state index contributed by atoms with van der Waals surface area (Å²) in [5.41, 5.74) is 8.15. The highest BCUT2D eigenvalue weighted by molar-refractivity contribution is 5.94. The third-order valence-electron chi connectivity index (χ3n) is 8.45. The van der Waals surface area contributed by atoms with Crippen LogP contribution in [0.25, 0.3) is 0 Å². The van der Waals surface area contributed by atoms with Crippen LogP contribution in [0.1, 0.15) is 47.5 Å². The minimum atomic E-state index is -0.681. The molecule has 0 radical (unpaired) electrons. The van der Waals surface area contributed by atoms with Crippen LogP contribution in [-0.4, -0.2) is 70.5 Å². The van der Waals surface area contributed by atoms with Crippen LogP contribution in [0, 0.1) is 17.6 Å². The summed E-state index contributed by atoms with van der Waals surface area (Å²) < 4.78 is 40.4. The van der Waals surface area contributed by atoms with E-state index in [-0.39, 0.29) is 47.0 Å². The molecule has 38 heavy (non-hydrogen) atoms. The largest absolute Gasteiger partial charge is 0.494 e. The molecule has 8 nitrogen and oxygen atoms in total. The molecule has 1 amide bonds. The summed E-state index contributed by atoms with van der Waals surface area (Å²) in [6.45, 7) is 1.99. The topological polar surface area (TPSA) is 78.1 Å². The van der Waals surface area contributed by atoms with Crippen LogP contribution in [0.3, 0.4) is 0 Å². The maximum Gasteiger partial charge on any atom is 0.252 e. The fourth-order valence-electron chi connectivity index (χ4n) is 6.18. The van der Waals surface area contributed by atoms with Gasteiger partial charge in [0, 0.05) is 54.0 Å². The molecular weight excluding hydrogens is 492 g/mol. The number of amides is 1. The Hall–Kier alpha value is -2.95. The number of nitrogens with one attached hydrogen (secondary N) is 3. The van der Waals surface area contributed by atoms with Gasteiger partial charge in [0.1, 0.15) is 0 Å². The molecule has 10 heteroatoms. The molecule has 0 bridgehead atoms. The van der Waals surface area contributed by atoms with E-state index in [1.165, 1.54) is 20.3 Å². The summed E-state index contributed by atoms with van der Waals surface area (Å²) in [5, 5.41) is 3.10. The van der Waals surface area contributed by atoms with Crippen LogP contribution >= 0.6 is 0 Å². The number of nitrogens with zero attached hydrogens (tertiary/aromatic N) is 2. The number of halogens is 2. The Labute approximate surface area is 222 Å². The normalized spacial score (nSPS) is 26.9. The van der Waals surface area contributed by atoms with Gasteiger partial charge in [-0.25, -0.2) is 14.2 Å². The van der Waals surface area contributed by atoms with Crippen molar-refractivity contribution in [2.24, 2.45) is 5.92 Å². The molecule has 2 saturated heterocycles. The van der Waals surface area contributed by atoms with E-state index in [0.29, 0.717) is 30.9 Å². The van der Waals surface area contributed by atoms with E-state index >= 15 is 8.78 Å². The Bertz CT molecular complexity index is 1130. The van der Waals surface area contributed by atoms with Gasteiger partial charge in [-0.05, 0) is 70.0 Å². The minimum Gasteiger partial charge on any atom is -0.494 e. The van der Waals surface area contributed by atoms with Crippen LogP contribution in [-0.2, 0) is 0 Å². The van der Waals surface area contributed by atoms with E-state index in [2.05, 4.69) is 40.1 Å². The Balaban J connectivity index is 1.21. The van der Waals surface area contributed by atoms with Gasteiger partial charge in [-0.2, -0.15) is 0 Å². The molecule has 5 atom stereocenters. The lowest BCUT2D eigenvalue weighted by atomic mass is 9.75. The number of rotatable bonds is 7. The van der Waals surface area contributed by atoms with Gasteiger partial charge in [0.2, 0.25) is 0 Å². The van der Waals surface area contributed by atoms with E-state index in [1.807, 2.05) is 24.3 Å². The van der Waals surface area contributed by atoms with Gasteiger partial charge in [-0.3, -0.25) is 10.2 Å². The molecule has 3 aliphatic rings. The molecule has 0 spiro atoms. The third kappa shape index (κ3) is 5.04. The van der Waals surface area contributed by atoms with Crippen molar-refractivity contribution in [3.05, 3.63) is 53.1 Å². The number of carbonyl (C=O) groups excluding carboxylic acids is 1. The number of likely N-dealkylation sites (N-methyl/N-ethyl adjacent to an activating group) is 1. The molecule has 2 aliphatic heterocycles. The number of benzene rings is 2. The van der Waals surface area contributed by atoms with Crippen molar-refractivity contribution in [3.63, 3.8) is 0 Å². The van der Waals surface area contributed by atoms with Gasteiger partial charge in [0.15, 0.2) is 23.1 Å². The quantitative estimate of drug-likeness (QED) is 0.508. The maximum atomic E-state index is 15.1. The summed E-state index contributed by atoms with van der Waals surface area (Å²) in [6.07, 6.45) is 2.65. The fourth-order valence-corrected chi connectivity index (χ4v) is 6.18. The number of fused-ring (bicyclic) bond motifs is 1. The first-order chi connectivity index (χ1) is 18.3. The predicted molar refractivity (Wildman–Crippen MR) is 142 cm³/mol. The number of anilines is 1. The second kappa shape index (κ2) is 11.0. The SMILES string of the molecule is COc1cc(OC)c(F)c(C2CCC3C(C2)NNC3NC(=O)c2ccc(N3CCC(N(C)C)C3)cc2)c1F. The zero-order valence-electron chi connectivity index (χ0n) is 22.4. The first-order valence-corrected chi connectivity index (χ1v) is 13.2. The van der Waals surface area contributed by atoms with Gasteiger partial charge in [-0.15, -0.1) is 0 Å². The van der Waals surface area contributed by atoms with Crippen molar-refractivity contribution < 1.29 is 23.0 Å². The lowest BCUT2D eigenvalue weighted by Gasteiger charge is -2.33. The molecule has 5 rings (SSSR count). The first-order valence-electron chi connectivity index (χ1n) is 13.2. The second-order valence-electron chi connectivity index (χ2n) is 10.7. The second-order valence-corrected chi connectivity index (χ2v) is 10.7. The Morgan fingerprint density at radius 3 is 2.32 bits per heavy atom. The average molecular weight is 530 g/mol. The molecule has 2 aromatic carbocycles. The number of ether oxygens (including phenoxy) is 2. The van der Waals surface area contributed by atoms with E-state index < -0.39 is 11.6 Å². The molecule has 5 unspecified atom stereocenters. The van der Waals surface area contributed by atoms with Crippen molar-refractivity contribution in [3.8, 4) is 11.5 Å². The minimum absolute atomic E-state index is 0.00364. The van der Waals surface area contributed by atoms with Gasteiger partial charge in [0.25, 0.3) is 5.91 Å². The van der Waals surface area contributed by atoms with Gasteiger partial charge in [0.05, 0.1) is 20.4 Å². The lowest BCUT2D eigenvalue weighted by Crippen LogP contribution is -2.47.